The Bertz CT molecular complexity index is 304. The van der Waals surface area contributed by atoms with Crippen molar-refractivity contribution in [3.8, 4) is 0 Å². The number of amides is 2. The monoisotopic (exact) mass is 256 g/mol. The minimum atomic E-state index is -0.488. The zero-order valence-electron chi connectivity index (χ0n) is 11.8. The molecule has 1 heterocycles. The number of likely N-dealkylation sites (tertiary alicyclic amines) is 1. The molecule has 0 aromatic heterocycles. The normalized spacial score (nSPS) is 17.7. The molecule has 0 spiro atoms. The van der Waals surface area contributed by atoms with Crippen molar-refractivity contribution in [3.05, 3.63) is 0 Å². The molecule has 0 saturated carbocycles. The third kappa shape index (κ3) is 3.98. The van der Waals surface area contributed by atoms with Gasteiger partial charge in [0.15, 0.2) is 0 Å². The molecule has 1 unspecified atom stereocenters. The number of rotatable bonds is 4. The fourth-order valence-electron chi connectivity index (χ4n) is 2.10. The molecule has 1 rings (SSSR count). The first-order valence-electron chi connectivity index (χ1n) is 6.43. The Balaban J connectivity index is 2.71. The van der Waals surface area contributed by atoms with E-state index in [1.54, 1.807) is 0 Å². The van der Waals surface area contributed by atoms with Gasteiger partial charge in [-0.2, -0.15) is 0 Å². The van der Waals surface area contributed by atoms with E-state index in [1.807, 2.05) is 25.7 Å². The summed E-state index contributed by atoms with van der Waals surface area (Å²) in [6.07, 6.45) is 2.10. The second kappa shape index (κ2) is 6.18. The lowest BCUT2D eigenvalue weighted by Crippen LogP contribution is -2.54. The summed E-state index contributed by atoms with van der Waals surface area (Å²) in [6.45, 7) is 7.45. The fraction of sp³-hybridized carbons (Fsp3) is 0.846. The van der Waals surface area contributed by atoms with Gasteiger partial charge in [0.1, 0.15) is 12.6 Å². The molecule has 18 heavy (non-hydrogen) atoms. The zero-order valence-corrected chi connectivity index (χ0v) is 11.8. The lowest BCUT2D eigenvalue weighted by molar-refractivity contribution is -0.139. The molecular weight excluding hydrogens is 232 g/mol. The zero-order chi connectivity index (χ0) is 13.8. The average molecular weight is 256 g/mol. The van der Waals surface area contributed by atoms with Crippen LogP contribution in [0.3, 0.4) is 0 Å². The van der Waals surface area contributed by atoms with Crippen LogP contribution >= 0.6 is 0 Å². The summed E-state index contributed by atoms with van der Waals surface area (Å²) in [5.41, 5.74) is -0.303. The van der Waals surface area contributed by atoms with E-state index in [4.69, 9.17) is 4.74 Å². The van der Waals surface area contributed by atoms with Crippen molar-refractivity contribution >= 4 is 11.8 Å². The quantitative estimate of drug-likeness (QED) is 0.809. The van der Waals surface area contributed by atoms with Crippen LogP contribution < -0.4 is 5.32 Å². The molecule has 0 bridgehead atoms. The molecule has 0 radical (unpaired) electrons. The number of carbonyl (C=O) groups excluding carboxylic acids is 2. The molecule has 2 amide bonds. The Hall–Kier alpha value is -1.10. The molecule has 1 fully saturated rings. The smallest absolute Gasteiger partial charge is 0.246 e. The molecular formula is C13H24N2O3. The highest BCUT2D eigenvalue weighted by molar-refractivity contribution is 5.88. The van der Waals surface area contributed by atoms with Gasteiger partial charge in [-0.25, -0.2) is 0 Å². The van der Waals surface area contributed by atoms with E-state index in [0.717, 1.165) is 25.9 Å². The van der Waals surface area contributed by atoms with Crippen molar-refractivity contribution in [1.29, 1.82) is 0 Å². The molecule has 0 aromatic carbocycles. The van der Waals surface area contributed by atoms with Crippen molar-refractivity contribution < 1.29 is 14.3 Å². The van der Waals surface area contributed by atoms with E-state index in [2.05, 4.69) is 5.32 Å². The Morgan fingerprint density at radius 1 is 1.28 bits per heavy atom. The van der Waals surface area contributed by atoms with Crippen LogP contribution in [0.4, 0.5) is 0 Å². The Morgan fingerprint density at radius 2 is 1.83 bits per heavy atom. The highest BCUT2D eigenvalue weighted by atomic mass is 16.5. The van der Waals surface area contributed by atoms with E-state index < -0.39 is 6.04 Å². The maximum absolute atomic E-state index is 12.4. The SMILES string of the molecule is COCC(=O)NC(C(=O)N1CCCC1)C(C)(C)C. The van der Waals surface area contributed by atoms with Gasteiger partial charge in [-0.1, -0.05) is 20.8 Å². The summed E-state index contributed by atoms with van der Waals surface area (Å²) < 4.78 is 4.79. The number of ether oxygens (including phenoxy) is 1. The summed E-state index contributed by atoms with van der Waals surface area (Å²) >= 11 is 0. The first-order valence-corrected chi connectivity index (χ1v) is 6.43. The molecule has 5 heteroatoms. The molecule has 1 atom stereocenters. The predicted octanol–water partition coefficient (Wildman–Crippen LogP) is 0.786. The van der Waals surface area contributed by atoms with Crippen LogP contribution in [0.2, 0.25) is 0 Å². The number of nitrogens with zero attached hydrogens (tertiary/aromatic N) is 1. The number of carbonyl (C=O) groups is 2. The maximum Gasteiger partial charge on any atom is 0.246 e. The molecule has 1 aliphatic heterocycles. The van der Waals surface area contributed by atoms with Gasteiger partial charge in [-0.05, 0) is 18.3 Å². The van der Waals surface area contributed by atoms with Gasteiger partial charge >= 0.3 is 0 Å². The molecule has 0 aromatic rings. The Morgan fingerprint density at radius 3 is 2.28 bits per heavy atom. The Kier molecular flexibility index (Phi) is 5.14. The summed E-state index contributed by atoms with van der Waals surface area (Å²) in [5, 5.41) is 2.78. The summed E-state index contributed by atoms with van der Waals surface area (Å²) in [4.78, 5) is 25.9. The van der Waals surface area contributed by atoms with Crippen LogP contribution in [0.5, 0.6) is 0 Å². The highest BCUT2D eigenvalue weighted by Gasteiger charge is 2.36. The Labute approximate surface area is 109 Å². The van der Waals surface area contributed by atoms with Crippen LogP contribution in [-0.2, 0) is 14.3 Å². The lowest BCUT2D eigenvalue weighted by Gasteiger charge is -2.33. The van der Waals surface area contributed by atoms with E-state index >= 15 is 0 Å². The van der Waals surface area contributed by atoms with Crippen LogP contribution in [0.15, 0.2) is 0 Å². The second-order valence-corrected chi connectivity index (χ2v) is 5.83. The first kappa shape index (κ1) is 15.0. The van der Waals surface area contributed by atoms with Gasteiger partial charge in [0, 0.05) is 20.2 Å². The van der Waals surface area contributed by atoms with E-state index in [0.29, 0.717) is 0 Å². The number of methoxy groups -OCH3 is 1. The van der Waals surface area contributed by atoms with Crippen LogP contribution in [0.1, 0.15) is 33.6 Å². The summed E-state index contributed by atoms with van der Waals surface area (Å²) in [5.74, 6) is -0.227. The number of nitrogens with one attached hydrogen (secondary N) is 1. The van der Waals surface area contributed by atoms with Gasteiger partial charge in [0.05, 0.1) is 0 Å². The third-order valence-electron chi connectivity index (χ3n) is 3.11. The second-order valence-electron chi connectivity index (χ2n) is 5.83. The van der Waals surface area contributed by atoms with Gasteiger partial charge in [-0.3, -0.25) is 9.59 Å². The largest absolute Gasteiger partial charge is 0.375 e. The van der Waals surface area contributed by atoms with Crippen molar-refractivity contribution in [3.63, 3.8) is 0 Å². The van der Waals surface area contributed by atoms with Crippen molar-refractivity contribution in [2.75, 3.05) is 26.8 Å². The van der Waals surface area contributed by atoms with Crippen molar-refractivity contribution in [1.82, 2.24) is 10.2 Å². The van der Waals surface area contributed by atoms with Gasteiger partial charge in [-0.15, -0.1) is 0 Å². The highest BCUT2D eigenvalue weighted by Crippen LogP contribution is 2.22. The van der Waals surface area contributed by atoms with Crippen molar-refractivity contribution in [2.24, 2.45) is 5.41 Å². The molecule has 104 valence electrons. The molecule has 1 saturated heterocycles. The maximum atomic E-state index is 12.4. The minimum Gasteiger partial charge on any atom is -0.375 e. The van der Waals surface area contributed by atoms with E-state index in [9.17, 15) is 9.59 Å². The predicted molar refractivity (Wildman–Crippen MR) is 69.1 cm³/mol. The third-order valence-corrected chi connectivity index (χ3v) is 3.11. The molecule has 1 aliphatic rings. The number of hydrogen-bond acceptors (Lipinski definition) is 3. The summed E-state index contributed by atoms with van der Waals surface area (Å²) in [7, 11) is 1.47. The first-order chi connectivity index (χ1) is 8.36. The lowest BCUT2D eigenvalue weighted by atomic mass is 9.85. The summed E-state index contributed by atoms with van der Waals surface area (Å²) in [6, 6.07) is -0.488. The number of hydrogen-bond donors (Lipinski definition) is 1. The molecule has 5 nitrogen and oxygen atoms in total. The van der Waals surface area contributed by atoms with Crippen LogP contribution in [0.25, 0.3) is 0 Å². The van der Waals surface area contributed by atoms with E-state index in [-0.39, 0.29) is 23.8 Å². The van der Waals surface area contributed by atoms with E-state index in [1.165, 1.54) is 7.11 Å². The van der Waals surface area contributed by atoms with Crippen LogP contribution in [-0.4, -0.2) is 49.6 Å². The van der Waals surface area contributed by atoms with Gasteiger partial charge < -0.3 is 15.0 Å². The van der Waals surface area contributed by atoms with Crippen LogP contribution in [0, 0.1) is 5.41 Å². The average Bonchev–Trinajstić information content (AvgIpc) is 2.77. The minimum absolute atomic E-state index is 0.0140. The molecule has 0 aliphatic carbocycles. The van der Waals surface area contributed by atoms with Crippen molar-refractivity contribution in [2.45, 2.75) is 39.7 Å². The van der Waals surface area contributed by atoms with Gasteiger partial charge in [0.2, 0.25) is 11.8 Å². The van der Waals surface area contributed by atoms with Gasteiger partial charge in [0.25, 0.3) is 0 Å². The topological polar surface area (TPSA) is 58.6 Å². The standard InChI is InChI=1S/C13H24N2O3/c1-13(2,3)11(14-10(16)9-18-4)12(17)15-7-5-6-8-15/h11H,5-9H2,1-4H3,(H,14,16). The molecule has 1 N–H and O–H groups in total. The fourth-order valence-corrected chi connectivity index (χ4v) is 2.10.